The summed E-state index contributed by atoms with van der Waals surface area (Å²) in [5.41, 5.74) is 1.01. The summed E-state index contributed by atoms with van der Waals surface area (Å²) in [7, 11) is 0. The molecule has 5 heteroatoms. The van der Waals surface area contributed by atoms with E-state index in [0.29, 0.717) is 13.2 Å². The number of nitrogens with one attached hydrogen (secondary N) is 2. The Morgan fingerprint density at radius 3 is 2.65 bits per heavy atom. The van der Waals surface area contributed by atoms with Gasteiger partial charge in [0.1, 0.15) is 6.61 Å². The third-order valence-corrected chi connectivity index (χ3v) is 3.49. The van der Waals surface area contributed by atoms with Crippen LogP contribution in [0, 0.1) is 5.92 Å². The van der Waals surface area contributed by atoms with Gasteiger partial charge in [-0.1, -0.05) is 30.3 Å². The topological polar surface area (TPSA) is 50.4 Å². The van der Waals surface area contributed by atoms with Crippen LogP contribution in [0.1, 0.15) is 24.8 Å². The molecule has 0 spiro atoms. The highest BCUT2D eigenvalue weighted by molar-refractivity contribution is 5.85. The zero-order chi connectivity index (χ0) is 13.3. The number of ether oxygens (including phenoxy) is 1. The van der Waals surface area contributed by atoms with Gasteiger partial charge in [0.2, 0.25) is 0 Å². The Labute approximate surface area is 126 Å². The minimum Gasteiger partial charge on any atom is -0.445 e. The minimum atomic E-state index is -0.321. The van der Waals surface area contributed by atoms with Crippen molar-refractivity contribution in [2.24, 2.45) is 5.92 Å². The van der Waals surface area contributed by atoms with Crippen molar-refractivity contribution in [1.29, 1.82) is 0 Å². The van der Waals surface area contributed by atoms with Crippen molar-refractivity contribution in [2.45, 2.75) is 25.9 Å². The van der Waals surface area contributed by atoms with Crippen LogP contribution in [0.15, 0.2) is 30.3 Å². The maximum atomic E-state index is 11.5. The molecular formula is C15H23ClN2O2. The lowest BCUT2D eigenvalue weighted by Crippen LogP contribution is -2.31. The summed E-state index contributed by atoms with van der Waals surface area (Å²) >= 11 is 0. The molecule has 0 atom stereocenters. The number of halogens is 1. The lowest BCUT2D eigenvalue weighted by molar-refractivity contribution is 0.138. The summed E-state index contributed by atoms with van der Waals surface area (Å²) in [6, 6.07) is 9.72. The van der Waals surface area contributed by atoms with Crippen LogP contribution in [-0.4, -0.2) is 25.7 Å². The van der Waals surface area contributed by atoms with Crippen molar-refractivity contribution < 1.29 is 9.53 Å². The third kappa shape index (κ3) is 6.26. The molecule has 1 aliphatic rings. The molecular weight excluding hydrogens is 276 g/mol. The lowest BCUT2D eigenvalue weighted by atomic mass is 9.95. The van der Waals surface area contributed by atoms with Crippen LogP contribution >= 0.6 is 12.4 Å². The van der Waals surface area contributed by atoms with Crippen LogP contribution in [0.5, 0.6) is 0 Å². The molecule has 0 aromatic heterocycles. The third-order valence-electron chi connectivity index (χ3n) is 3.49. The van der Waals surface area contributed by atoms with Crippen molar-refractivity contribution in [3.8, 4) is 0 Å². The van der Waals surface area contributed by atoms with Gasteiger partial charge in [0.05, 0.1) is 0 Å². The first-order valence-electron chi connectivity index (χ1n) is 7.00. The zero-order valence-electron chi connectivity index (χ0n) is 11.6. The van der Waals surface area contributed by atoms with Crippen LogP contribution in [0.25, 0.3) is 0 Å². The van der Waals surface area contributed by atoms with Crippen molar-refractivity contribution >= 4 is 18.5 Å². The SMILES string of the molecule is Cl.O=C(NCCC1CCNCC1)OCc1ccccc1. The number of piperidine rings is 1. The van der Waals surface area contributed by atoms with Gasteiger partial charge in [-0.15, -0.1) is 12.4 Å². The zero-order valence-corrected chi connectivity index (χ0v) is 12.5. The molecule has 0 unspecified atom stereocenters. The molecule has 0 radical (unpaired) electrons. The van der Waals surface area contributed by atoms with Gasteiger partial charge < -0.3 is 15.4 Å². The monoisotopic (exact) mass is 298 g/mol. The maximum Gasteiger partial charge on any atom is 0.407 e. The second-order valence-corrected chi connectivity index (χ2v) is 4.97. The number of carbonyl (C=O) groups excluding carboxylic acids is 1. The van der Waals surface area contributed by atoms with Crippen molar-refractivity contribution in [2.75, 3.05) is 19.6 Å². The smallest absolute Gasteiger partial charge is 0.407 e. The summed E-state index contributed by atoms with van der Waals surface area (Å²) in [4.78, 5) is 11.5. The summed E-state index contributed by atoms with van der Waals surface area (Å²) in [5, 5.41) is 6.16. The molecule has 1 saturated heterocycles. The van der Waals surface area contributed by atoms with Gasteiger partial charge in [-0.2, -0.15) is 0 Å². The molecule has 0 saturated carbocycles. The summed E-state index contributed by atoms with van der Waals surface area (Å²) < 4.78 is 5.16. The van der Waals surface area contributed by atoms with Crippen LogP contribution in [-0.2, 0) is 11.3 Å². The number of rotatable bonds is 5. The number of carbonyl (C=O) groups is 1. The molecule has 112 valence electrons. The van der Waals surface area contributed by atoms with Crippen LogP contribution in [0.4, 0.5) is 4.79 Å². The van der Waals surface area contributed by atoms with Gasteiger partial charge in [0.25, 0.3) is 0 Å². The number of alkyl carbamates (subject to hydrolysis) is 1. The number of hydrogen-bond acceptors (Lipinski definition) is 3. The fraction of sp³-hybridized carbons (Fsp3) is 0.533. The molecule has 0 bridgehead atoms. The number of hydrogen-bond donors (Lipinski definition) is 2. The Kier molecular flexibility index (Phi) is 8.07. The molecule has 4 nitrogen and oxygen atoms in total. The Balaban J connectivity index is 0.00000200. The fourth-order valence-electron chi connectivity index (χ4n) is 2.32. The molecule has 1 aromatic carbocycles. The molecule has 2 N–H and O–H groups in total. The van der Waals surface area contributed by atoms with Crippen molar-refractivity contribution in [3.63, 3.8) is 0 Å². The van der Waals surface area contributed by atoms with E-state index in [2.05, 4.69) is 10.6 Å². The van der Waals surface area contributed by atoms with Gasteiger partial charge in [-0.05, 0) is 43.8 Å². The van der Waals surface area contributed by atoms with Gasteiger partial charge in [0, 0.05) is 6.54 Å². The fourth-order valence-corrected chi connectivity index (χ4v) is 2.32. The highest BCUT2D eigenvalue weighted by atomic mass is 35.5. The van der Waals surface area contributed by atoms with Gasteiger partial charge in [-0.3, -0.25) is 0 Å². The van der Waals surface area contributed by atoms with E-state index in [9.17, 15) is 4.79 Å². The van der Waals surface area contributed by atoms with E-state index in [1.165, 1.54) is 12.8 Å². The first-order valence-corrected chi connectivity index (χ1v) is 7.00. The van der Waals surface area contributed by atoms with E-state index in [1.807, 2.05) is 30.3 Å². The molecule has 1 fully saturated rings. The van der Waals surface area contributed by atoms with E-state index < -0.39 is 0 Å². The molecule has 1 aromatic rings. The van der Waals surface area contributed by atoms with Crippen LogP contribution in [0.3, 0.4) is 0 Å². The first-order chi connectivity index (χ1) is 9.34. The highest BCUT2D eigenvalue weighted by Gasteiger charge is 2.12. The molecule has 1 amide bonds. The van der Waals surface area contributed by atoms with Crippen LogP contribution < -0.4 is 10.6 Å². The molecule has 0 aliphatic carbocycles. The Morgan fingerprint density at radius 2 is 1.95 bits per heavy atom. The van der Waals surface area contributed by atoms with Crippen LogP contribution in [0.2, 0.25) is 0 Å². The van der Waals surface area contributed by atoms with E-state index in [1.54, 1.807) is 0 Å². The maximum absolute atomic E-state index is 11.5. The predicted molar refractivity (Wildman–Crippen MR) is 82.1 cm³/mol. The minimum absolute atomic E-state index is 0. The van der Waals surface area contributed by atoms with Crippen molar-refractivity contribution in [1.82, 2.24) is 10.6 Å². The lowest BCUT2D eigenvalue weighted by Gasteiger charge is -2.22. The highest BCUT2D eigenvalue weighted by Crippen LogP contribution is 2.14. The van der Waals surface area contributed by atoms with E-state index in [-0.39, 0.29) is 18.5 Å². The average molecular weight is 299 g/mol. The second-order valence-electron chi connectivity index (χ2n) is 4.97. The Hall–Kier alpha value is -1.26. The normalized spacial score (nSPS) is 15.2. The van der Waals surface area contributed by atoms with Crippen molar-refractivity contribution in [3.05, 3.63) is 35.9 Å². The standard InChI is InChI=1S/C15H22N2O2.ClH/c18-15(19-12-14-4-2-1-3-5-14)17-11-8-13-6-9-16-10-7-13;/h1-5,13,16H,6-12H2,(H,17,18);1H. The van der Waals surface area contributed by atoms with Gasteiger partial charge >= 0.3 is 6.09 Å². The number of amides is 1. The van der Waals surface area contributed by atoms with E-state index in [4.69, 9.17) is 4.74 Å². The Morgan fingerprint density at radius 1 is 1.25 bits per heavy atom. The van der Waals surface area contributed by atoms with E-state index in [0.717, 1.165) is 31.0 Å². The summed E-state index contributed by atoms with van der Waals surface area (Å²) in [5.74, 6) is 0.732. The second kappa shape index (κ2) is 9.61. The number of benzene rings is 1. The Bertz CT molecular complexity index is 381. The average Bonchev–Trinajstić information content (AvgIpc) is 2.47. The molecule has 2 rings (SSSR count). The van der Waals surface area contributed by atoms with Gasteiger partial charge in [-0.25, -0.2) is 4.79 Å². The van der Waals surface area contributed by atoms with Gasteiger partial charge in [0.15, 0.2) is 0 Å². The first kappa shape index (κ1) is 16.8. The molecule has 1 heterocycles. The summed E-state index contributed by atoms with van der Waals surface area (Å²) in [6.07, 6.45) is 3.14. The predicted octanol–water partition coefficient (Wildman–Crippen LogP) is 2.72. The molecule has 1 aliphatic heterocycles. The largest absolute Gasteiger partial charge is 0.445 e. The van der Waals surface area contributed by atoms with E-state index >= 15 is 0 Å². The summed E-state index contributed by atoms with van der Waals surface area (Å²) in [6.45, 7) is 3.24. The quantitative estimate of drug-likeness (QED) is 0.879. The molecule has 20 heavy (non-hydrogen) atoms.